The summed E-state index contributed by atoms with van der Waals surface area (Å²) < 4.78 is 1.70. The van der Waals surface area contributed by atoms with E-state index >= 15 is 0 Å². The average Bonchev–Trinajstić information content (AvgIpc) is 2.75. The molecule has 5 nitrogen and oxygen atoms in total. The van der Waals surface area contributed by atoms with Crippen molar-refractivity contribution in [3.63, 3.8) is 0 Å². The number of nitrogens with one attached hydrogen (secondary N) is 1. The van der Waals surface area contributed by atoms with Crippen molar-refractivity contribution in [3.8, 4) is 0 Å². The summed E-state index contributed by atoms with van der Waals surface area (Å²) in [6.07, 6.45) is 3.27. The highest BCUT2D eigenvalue weighted by molar-refractivity contribution is 6.31. The van der Waals surface area contributed by atoms with Crippen LogP contribution in [0.2, 0.25) is 5.02 Å². The van der Waals surface area contributed by atoms with Crippen molar-refractivity contribution < 1.29 is 4.79 Å². The maximum atomic E-state index is 11.9. The first kappa shape index (κ1) is 12.6. The Bertz CT molecular complexity index is 579. The molecule has 2 heterocycles. The number of hydrogen-bond acceptors (Lipinski definition) is 3. The van der Waals surface area contributed by atoms with Gasteiger partial charge in [0.25, 0.3) is 5.91 Å². The van der Waals surface area contributed by atoms with E-state index in [2.05, 4.69) is 15.4 Å². The summed E-state index contributed by atoms with van der Waals surface area (Å²) in [5.74, 6) is -0.252. The molecule has 6 heteroatoms. The summed E-state index contributed by atoms with van der Waals surface area (Å²) in [5.41, 5.74) is 2.08. The van der Waals surface area contributed by atoms with Gasteiger partial charge in [-0.15, -0.1) is 0 Å². The Balaban J connectivity index is 2.04. The van der Waals surface area contributed by atoms with Crippen molar-refractivity contribution >= 4 is 17.5 Å². The lowest BCUT2D eigenvalue weighted by Crippen LogP contribution is -2.25. The topological polar surface area (TPSA) is 59.8 Å². The molecule has 0 saturated carbocycles. The van der Waals surface area contributed by atoms with Crippen molar-refractivity contribution in [2.45, 2.75) is 13.5 Å². The lowest BCUT2D eigenvalue weighted by Gasteiger charge is -2.06. The molecule has 94 valence electrons. The molecule has 0 atom stereocenters. The van der Waals surface area contributed by atoms with Crippen molar-refractivity contribution in [1.29, 1.82) is 0 Å². The van der Waals surface area contributed by atoms with Gasteiger partial charge in [-0.05, 0) is 24.6 Å². The highest BCUT2D eigenvalue weighted by Crippen LogP contribution is 2.14. The van der Waals surface area contributed by atoms with E-state index in [4.69, 9.17) is 11.6 Å². The normalized spacial score (nSPS) is 10.4. The summed E-state index contributed by atoms with van der Waals surface area (Å²) in [6, 6.07) is 3.41. The van der Waals surface area contributed by atoms with E-state index < -0.39 is 0 Å². The molecule has 0 saturated heterocycles. The molecule has 0 bridgehead atoms. The first-order valence-electron chi connectivity index (χ1n) is 5.45. The van der Waals surface area contributed by atoms with Gasteiger partial charge in [0, 0.05) is 24.5 Å². The Labute approximate surface area is 110 Å². The zero-order valence-corrected chi connectivity index (χ0v) is 10.9. The Morgan fingerprint density at radius 2 is 2.33 bits per heavy atom. The van der Waals surface area contributed by atoms with Gasteiger partial charge in [0.1, 0.15) is 5.69 Å². The van der Waals surface area contributed by atoms with Gasteiger partial charge >= 0.3 is 0 Å². The number of aromatic nitrogens is 3. The Kier molecular flexibility index (Phi) is 3.62. The molecular weight excluding hydrogens is 252 g/mol. The minimum absolute atomic E-state index is 0.252. The van der Waals surface area contributed by atoms with E-state index in [1.165, 1.54) is 0 Å². The standard InChI is InChI=1S/C12H13ClN4O/c1-8-6-14-11(5-10(8)13)12(18)15-7-9-3-4-16-17(9)2/h3-6H,7H2,1-2H3,(H,15,18). The van der Waals surface area contributed by atoms with Crippen molar-refractivity contribution in [3.05, 3.63) is 46.5 Å². The molecule has 2 rings (SSSR count). The van der Waals surface area contributed by atoms with E-state index in [1.54, 1.807) is 23.1 Å². The van der Waals surface area contributed by atoms with Crippen LogP contribution in [0.3, 0.4) is 0 Å². The number of amides is 1. The smallest absolute Gasteiger partial charge is 0.270 e. The van der Waals surface area contributed by atoms with Gasteiger partial charge in [-0.25, -0.2) is 0 Å². The third-order valence-electron chi connectivity index (χ3n) is 2.62. The van der Waals surface area contributed by atoms with Crippen LogP contribution in [0.5, 0.6) is 0 Å². The van der Waals surface area contributed by atoms with Crippen LogP contribution in [-0.2, 0) is 13.6 Å². The van der Waals surface area contributed by atoms with Gasteiger partial charge in [0.15, 0.2) is 0 Å². The molecule has 0 fully saturated rings. The van der Waals surface area contributed by atoms with Crippen LogP contribution in [0, 0.1) is 6.92 Å². The number of carbonyl (C=O) groups is 1. The third kappa shape index (κ3) is 2.68. The molecule has 2 aromatic rings. The number of aryl methyl sites for hydroxylation is 2. The molecule has 0 spiro atoms. The molecule has 0 aliphatic carbocycles. The molecule has 18 heavy (non-hydrogen) atoms. The molecular formula is C12H13ClN4O. The summed E-state index contributed by atoms with van der Waals surface area (Å²) >= 11 is 5.95. The molecule has 0 aromatic carbocycles. The lowest BCUT2D eigenvalue weighted by molar-refractivity contribution is 0.0945. The summed E-state index contributed by atoms with van der Waals surface area (Å²) in [6.45, 7) is 2.25. The zero-order valence-electron chi connectivity index (χ0n) is 10.1. The minimum Gasteiger partial charge on any atom is -0.345 e. The largest absolute Gasteiger partial charge is 0.345 e. The molecule has 0 aliphatic heterocycles. The van der Waals surface area contributed by atoms with Crippen molar-refractivity contribution in [2.24, 2.45) is 7.05 Å². The molecule has 1 amide bonds. The van der Waals surface area contributed by atoms with Gasteiger partial charge < -0.3 is 5.32 Å². The Morgan fingerprint density at radius 3 is 2.94 bits per heavy atom. The van der Waals surface area contributed by atoms with Crippen LogP contribution in [0.1, 0.15) is 21.7 Å². The van der Waals surface area contributed by atoms with Crippen LogP contribution in [-0.4, -0.2) is 20.7 Å². The quantitative estimate of drug-likeness (QED) is 0.918. The number of rotatable bonds is 3. The van der Waals surface area contributed by atoms with Crippen LogP contribution in [0.4, 0.5) is 0 Å². The molecule has 0 radical (unpaired) electrons. The fourth-order valence-corrected chi connectivity index (χ4v) is 1.61. The fraction of sp³-hybridized carbons (Fsp3) is 0.250. The van der Waals surface area contributed by atoms with Crippen LogP contribution in [0.15, 0.2) is 24.5 Å². The first-order chi connectivity index (χ1) is 8.58. The van der Waals surface area contributed by atoms with Crippen LogP contribution in [0.25, 0.3) is 0 Å². The Morgan fingerprint density at radius 1 is 1.56 bits per heavy atom. The maximum absolute atomic E-state index is 11.9. The average molecular weight is 265 g/mol. The maximum Gasteiger partial charge on any atom is 0.270 e. The van der Waals surface area contributed by atoms with Crippen LogP contribution >= 0.6 is 11.6 Å². The van der Waals surface area contributed by atoms with E-state index in [9.17, 15) is 4.79 Å². The van der Waals surface area contributed by atoms with Crippen LogP contribution < -0.4 is 5.32 Å². The van der Waals surface area contributed by atoms with Gasteiger partial charge in [-0.3, -0.25) is 14.5 Å². The zero-order chi connectivity index (χ0) is 13.1. The number of hydrogen-bond donors (Lipinski definition) is 1. The van der Waals surface area contributed by atoms with Gasteiger partial charge in [-0.1, -0.05) is 11.6 Å². The highest BCUT2D eigenvalue weighted by Gasteiger charge is 2.09. The number of carbonyl (C=O) groups excluding carboxylic acids is 1. The fourth-order valence-electron chi connectivity index (χ4n) is 1.46. The SMILES string of the molecule is Cc1cnc(C(=O)NCc2ccnn2C)cc1Cl. The molecule has 2 aromatic heterocycles. The lowest BCUT2D eigenvalue weighted by atomic mass is 10.2. The summed E-state index contributed by atoms with van der Waals surface area (Å²) in [5, 5.41) is 7.33. The predicted molar refractivity (Wildman–Crippen MR) is 68.4 cm³/mol. The number of pyridine rings is 1. The highest BCUT2D eigenvalue weighted by atomic mass is 35.5. The molecule has 0 aliphatic rings. The minimum atomic E-state index is -0.252. The second-order valence-corrected chi connectivity index (χ2v) is 4.35. The van der Waals surface area contributed by atoms with E-state index in [0.29, 0.717) is 17.3 Å². The molecule has 0 unspecified atom stereocenters. The summed E-state index contributed by atoms with van der Waals surface area (Å²) in [7, 11) is 1.82. The van der Waals surface area contributed by atoms with Gasteiger partial charge in [-0.2, -0.15) is 5.10 Å². The second-order valence-electron chi connectivity index (χ2n) is 3.95. The second kappa shape index (κ2) is 5.18. The van der Waals surface area contributed by atoms with E-state index in [-0.39, 0.29) is 5.91 Å². The number of halogens is 1. The Hall–Kier alpha value is -1.88. The predicted octanol–water partition coefficient (Wildman–Crippen LogP) is 1.71. The third-order valence-corrected chi connectivity index (χ3v) is 3.03. The van der Waals surface area contributed by atoms with E-state index in [1.807, 2.05) is 20.0 Å². The number of nitrogens with zero attached hydrogens (tertiary/aromatic N) is 3. The monoisotopic (exact) mass is 264 g/mol. The first-order valence-corrected chi connectivity index (χ1v) is 5.83. The van der Waals surface area contributed by atoms with Gasteiger partial charge in [0.05, 0.1) is 12.2 Å². The molecule has 1 N–H and O–H groups in total. The van der Waals surface area contributed by atoms with Gasteiger partial charge in [0.2, 0.25) is 0 Å². The van der Waals surface area contributed by atoms with E-state index in [0.717, 1.165) is 11.3 Å². The van der Waals surface area contributed by atoms with Crippen molar-refractivity contribution in [2.75, 3.05) is 0 Å². The van der Waals surface area contributed by atoms with Crippen molar-refractivity contribution in [1.82, 2.24) is 20.1 Å². The summed E-state index contributed by atoms with van der Waals surface area (Å²) in [4.78, 5) is 15.9.